The molecule has 1 aliphatic carbocycles. The van der Waals surface area contributed by atoms with Crippen LogP contribution in [0.3, 0.4) is 0 Å². The van der Waals surface area contributed by atoms with Crippen molar-refractivity contribution in [3.63, 3.8) is 0 Å². The van der Waals surface area contributed by atoms with Crippen molar-refractivity contribution in [1.82, 2.24) is 15.1 Å². The number of carbonyl (C=O) groups is 1. The summed E-state index contributed by atoms with van der Waals surface area (Å²) in [5, 5.41) is 8.82. The lowest BCUT2D eigenvalue weighted by molar-refractivity contribution is 0.101. The molecular weight excluding hydrogens is 274 g/mol. The van der Waals surface area contributed by atoms with Crippen LogP contribution in [0.4, 0.5) is 0 Å². The summed E-state index contributed by atoms with van der Waals surface area (Å²) in [5.74, 6) is 0.155. The Morgan fingerprint density at radius 3 is 2.64 bits per heavy atom. The molecule has 1 N–H and O–H groups in total. The summed E-state index contributed by atoms with van der Waals surface area (Å²) < 4.78 is 0. The number of H-pyrrole nitrogens is 1. The SMILES string of the molecule is CCCN(CCC)C1Cc2[nH]nc3ccc(C(C)=O)c(c23)C1. The lowest BCUT2D eigenvalue weighted by Gasteiger charge is -2.34. The maximum Gasteiger partial charge on any atom is 0.160 e. The largest absolute Gasteiger partial charge is 0.300 e. The van der Waals surface area contributed by atoms with E-state index in [1.54, 1.807) is 6.92 Å². The minimum Gasteiger partial charge on any atom is -0.300 e. The standard InChI is InChI=1S/C18H25N3O/c1-4-8-21(9-5-2)13-10-15-14(12(3)22)6-7-16-18(15)17(11-13)20-19-16/h6-7,13H,4-5,8-11H2,1-3H3,(H,19,20). The Morgan fingerprint density at radius 2 is 2.00 bits per heavy atom. The summed E-state index contributed by atoms with van der Waals surface area (Å²) in [6.45, 7) is 8.36. The molecule has 0 aliphatic heterocycles. The lowest BCUT2D eigenvalue weighted by atomic mass is 9.86. The number of ketones is 1. The van der Waals surface area contributed by atoms with Crippen molar-refractivity contribution >= 4 is 16.7 Å². The highest BCUT2D eigenvalue weighted by atomic mass is 16.1. The van der Waals surface area contributed by atoms with E-state index in [1.807, 2.05) is 12.1 Å². The van der Waals surface area contributed by atoms with E-state index in [0.717, 1.165) is 49.9 Å². The van der Waals surface area contributed by atoms with Gasteiger partial charge in [-0.25, -0.2) is 0 Å². The first-order valence-corrected chi connectivity index (χ1v) is 8.39. The summed E-state index contributed by atoms with van der Waals surface area (Å²) in [4.78, 5) is 14.6. The van der Waals surface area contributed by atoms with E-state index in [2.05, 4.69) is 28.9 Å². The number of hydrogen-bond donors (Lipinski definition) is 1. The summed E-state index contributed by atoms with van der Waals surface area (Å²) in [6, 6.07) is 4.37. The molecule has 0 bridgehead atoms. The highest BCUT2D eigenvalue weighted by Crippen LogP contribution is 2.32. The molecule has 4 nitrogen and oxygen atoms in total. The number of aromatic amines is 1. The number of hydrogen-bond acceptors (Lipinski definition) is 3. The zero-order valence-corrected chi connectivity index (χ0v) is 13.8. The van der Waals surface area contributed by atoms with Crippen molar-refractivity contribution in [3.8, 4) is 0 Å². The van der Waals surface area contributed by atoms with Crippen LogP contribution >= 0.6 is 0 Å². The van der Waals surface area contributed by atoms with Crippen LogP contribution in [-0.4, -0.2) is 40.0 Å². The first-order valence-electron chi connectivity index (χ1n) is 8.39. The van der Waals surface area contributed by atoms with Gasteiger partial charge in [0.25, 0.3) is 0 Å². The molecule has 1 heterocycles. The van der Waals surface area contributed by atoms with Crippen LogP contribution in [0.15, 0.2) is 12.1 Å². The monoisotopic (exact) mass is 299 g/mol. The topological polar surface area (TPSA) is 49.0 Å². The van der Waals surface area contributed by atoms with Gasteiger partial charge in [-0.1, -0.05) is 13.8 Å². The van der Waals surface area contributed by atoms with Crippen LogP contribution in [0.25, 0.3) is 10.9 Å². The molecule has 22 heavy (non-hydrogen) atoms. The number of nitrogens with one attached hydrogen (secondary N) is 1. The molecule has 0 spiro atoms. The fourth-order valence-electron chi connectivity index (χ4n) is 3.79. The fraction of sp³-hybridized carbons (Fsp3) is 0.556. The predicted molar refractivity (Wildman–Crippen MR) is 89.4 cm³/mol. The van der Waals surface area contributed by atoms with Crippen molar-refractivity contribution < 1.29 is 4.79 Å². The maximum atomic E-state index is 12.0. The molecule has 0 saturated carbocycles. The van der Waals surface area contributed by atoms with Gasteiger partial charge in [0.05, 0.1) is 5.52 Å². The highest BCUT2D eigenvalue weighted by Gasteiger charge is 2.29. The number of Topliss-reactive ketones (excluding diaryl/α,β-unsaturated/α-hetero) is 1. The highest BCUT2D eigenvalue weighted by molar-refractivity contribution is 6.01. The number of aromatic nitrogens is 2. The number of benzene rings is 1. The predicted octanol–water partition coefficient (Wildman–Crippen LogP) is 3.35. The molecule has 118 valence electrons. The Balaban J connectivity index is 2.02. The van der Waals surface area contributed by atoms with E-state index in [4.69, 9.17) is 0 Å². The van der Waals surface area contributed by atoms with Gasteiger partial charge < -0.3 is 0 Å². The molecule has 0 radical (unpaired) electrons. The molecule has 4 heteroatoms. The van der Waals surface area contributed by atoms with Crippen LogP contribution in [-0.2, 0) is 12.8 Å². The third kappa shape index (κ3) is 2.56. The van der Waals surface area contributed by atoms with Crippen molar-refractivity contribution in [2.45, 2.75) is 52.5 Å². The Morgan fingerprint density at radius 1 is 1.27 bits per heavy atom. The summed E-state index contributed by atoms with van der Waals surface area (Å²) >= 11 is 0. The summed E-state index contributed by atoms with van der Waals surface area (Å²) in [5.41, 5.74) is 4.25. The van der Waals surface area contributed by atoms with Gasteiger partial charge in [0.2, 0.25) is 0 Å². The Labute approximate surface area is 131 Å². The number of carbonyl (C=O) groups excluding carboxylic acids is 1. The van der Waals surface area contributed by atoms with E-state index >= 15 is 0 Å². The molecule has 1 atom stereocenters. The third-order valence-corrected chi connectivity index (χ3v) is 4.70. The average Bonchev–Trinajstić information content (AvgIpc) is 2.91. The van der Waals surface area contributed by atoms with Crippen LogP contribution in [0, 0.1) is 0 Å². The van der Waals surface area contributed by atoms with Crippen LogP contribution in [0.1, 0.15) is 55.2 Å². The number of nitrogens with zero attached hydrogens (tertiary/aromatic N) is 2. The molecule has 0 saturated heterocycles. The minimum absolute atomic E-state index is 0.155. The van der Waals surface area contributed by atoms with Crippen LogP contribution in [0.2, 0.25) is 0 Å². The van der Waals surface area contributed by atoms with Gasteiger partial charge in [-0.3, -0.25) is 14.8 Å². The van der Waals surface area contributed by atoms with Crippen LogP contribution in [0.5, 0.6) is 0 Å². The van der Waals surface area contributed by atoms with E-state index in [9.17, 15) is 4.79 Å². The van der Waals surface area contributed by atoms with E-state index in [-0.39, 0.29) is 5.78 Å². The second kappa shape index (κ2) is 6.21. The fourth-order valence-corrected chi connectivity index (χ4v) is 3.79. The molecule has 0 amide bonds. The second-order valence-corrected chi connectivity index (χ2v) is 6.34. The Hall–Kier alpha value is -1.68. The van der Waals surface area contributed by atoms with Gasteiger partial charge in [-0.05, 0) is 57.0 Å². The molecule has 1 aliphatic rings. The Bertz CT molecular complexity index is 683. The third-order valence-electron chi connectivity index (χ3n) is 4.70. The molecule has 1 unspecified atom stereocenters. The second-order valence-electron chi connectivity index (χ2n) is 6.34. The van der Waals surface area contributed by atoms with Crippen molar-refractivity contribution in [1.29, 1.82) is 0 Å². The van der Waals surface area contributed by atoms with Gasteiger partial charge >= 0.3 is 0 Å². The zero-order valence-electron chi connectivity index (χ0n) is 13.8. The zero-order chi connectivity index (χ0) is 15.7. The molecule has 3 rings (SSSR count). The normalized spacial score (nSPS) is 17.4. The number of rotatable bonds is 6. The average molecular weight is 299 g/mol. The summed E-state index contributed by atoms with van der Waals surface area (Å²) in [6.07, 6.45) is 4.29. The summed E-state index contributed by atoms with van der Waals surface area (Å²) in [7, 11) is 0. The molecule has 1 aromatic heterocycles. The molecule has 1 aromatic carbocycles. The van der Waals surface area contributed by atoms with Gasteiger partial charge in [0.15, 0.2) is 5.78 Å². The van der Waals surface area contributed by atoms with E-state index in [1.165, 1.54) is 16.6 Å². The minimum atomic E-state index is 0.155. The molecule has 2 aromatic rings. The quantitative estimate of drug-likeness (QED) is 0.832. The smallest absolute Gasteiger partial charge is 0.160 e. The maximum absolute atomic E-state index is 12.0. The van der Waals surface area contributed by atoms with Crippen molar-refractivity contribution in [2.24, 2.45) is 0 Å². The van der Waals surface area contributed by atoms with Gasteiger partial charge in [-0.15, -0.1) is 0 Å². The first kappa shape index (κ1) is 15.2. The lowest BCUT2D eigenvalue weighted by Crippen LogP contribution is -2.41. The van der Waals surface area contributed by atoms with Crippen LogP contribution < -0.4 is 0 Å². The molecule has 0 fully saturated rings. The van der Waals surface area contributed by atoms with Crippen molar-refractivity contribution in [3.05, 3.63) is 29.0 Å². The van der Waals surface area contributed by atoms with Gasteiger partial charge in [0.1, 0.15) is 0 Å². The first-order chi connectivity index (χ1) is 10.7. The van der Waals surface area contributed by atoms with Gasteiger partial charge in [-0.2, -0.15) is 5.10 Å². The van der Waals surface area contributed by atoms with E-state index < -0.39 is 0 Å². The Kier molecular flexibility index (Phi) is 4.30. The van der Waals surface area contributed by atoms with E-state index in [0.29, 0.717) is 6.04 Å². The van der Waals surface area contributed by atoms with Crippen molar-refractivity contribution in [2.75, 3.05) is 13.1 Å². The molecular formula is C18H25N3O. The van der Waals surface area contributed by atoms with Gasteiger partial charge in [0, 0.05) is 29.1 Å².